The zero-order valence-corrected chi connectivity index (χ0v) is 19.5. The Balaban J connectivity index is 1.29. The predicted octanol–water partition coefficient (Wildman–Crippen LogP) is 3.31. The van der Waals surface area contributed by atoms with Crippen molar-refractivity contribution in [3.05, 3.63) is 41.0 Å². The number of carbonyl (C=O) groups excluding carboxylic acids is 1. The zero-order chi connectivity index (χ0) is 22.2. The molecule has 170 valence electrons. The Kier molecular flexibility index (Phi) is 5.84. The van der Waals surface area contributed by atoms with E-state index in [1.165, 1.54) is 24.0 Å². The third-order valence-corrected chi connectivity index (χ3v) is 7.13. The number of rotatable bonds is 6. The molecule has 2 aliphatic heterocycles. The molecule has 2 aromatic heterocycles. The second-order valence-corrected chi connectivity index (χ2v) is 9.85. The Morgan fingerprint density at radius 3 is 2.59 bits per heavy atom. The fraction of sp³-hybridized carbons (Fsp3) is 0.600. The number of amides is 1. The summed E-state index contributed by atoms with van der Waals surface area (Å²) in [6, 6.07) is 4.20. The third kappa shape index (κ3) is 4.35. The summed E-state index contributed by atoms with van der Waals surface area (Å²) in [7, 11) is 4.09. The Morgan fingerprint density at radius 1 is 1.09 bits per heavy atom. The van der Waals surface area contributed by atoms with Gasteiger partial charge in [-0.3, -0.25) is 14.6 Å². The highest BCUT2D eigenvalue weighted by Gasteiger charge is 2.34. The molecule has 1 saturated carbocycles. The van der Waals surface area contributed by atoms with Crippen LogP contribution in [-0.4, -0.2) is 59.5 Å². The van der Waals surface area contributed by atoms with Crippen LogP contribution < -0.4 is 9.80 Å². The summed E-state index contributed by atoms with van der Waals surface area (Å²) in [5.41, 5.74) is 3.51. The van der Waals surface area contributed by atoms with Gasteiger partial charge in [-0.1, -0.05) is 6.07 Å². The second kappa shape index (κ2) is 8.77. The molecule has 1 saturated heterocycles. The van der Waals surface area contributed by atoms with Crippen LogP contribution >= 0.6 is 0 Å². The first-order valence-electron chi connectivity index (χ1n) is 12.0. The molecule has 32 heavy (non-hydrogen) atoms. The van der Waals surface area contributed by atoms with Crippen LogP contribution in [0.1, 0.15) is 60.7 Å². The van der Waals surface area contributed by atoms with Crippen molar-refractivity contribution < 1.29 is 4.79 Å². The first kappa shape index (κ1) is 21.3. The molecule has 1 amide bonds. The van der Waals surface area contributed by atoms with Crippen LogP contribution in [0.3, 0.4) is 0 Å². The Labute approximate surface area is 190 Å². The van der Waals surface area contributed by atoms with Crippen molar-refractivity contribution in [1.29, 1.82) is 0 Å². The molecule has 3 aliphatic rings. The number of aryl methyl sites for hydroxylation is 1. The van der Waals surface area contributed by atoms with Crippen LogP contribution in [0.25, 0.3) is 0 Å². The average molecular weight is 435 g/mol. The zero-order valence-electron chi connectivity index (χ0n) is 19.5. The number of piperidine rings is 1. The van der Waals surface area contributed by atoms with Gasteiger partial charge in [-0.25, -0.2) is 15.0 Å². The van der Waals surface area contributed by atoms with Crippen molar-refractivity contribution in [2.75, 3.05) is 43.5 Å². The molecule has 4 heterocycles. The van der Waals surface area contributed by atoms with Gasteiger partial charge in [0.1, 0.15) is 17.5 Å². The van der Waals surface area contributed by atoms with Gasteiger partial charge >= 0.3 is 0 Å². The molecule has 2 aromatic rings. The Hall–Kier alpha value is -2.54. The van der Waals surface area contributed by atoms with Crippen molar-refractivity contribution >= 4 is 17.5 Å². The van der Waals surface area contributed by atoms with E-state index in [0.29, 0.717) is 18.3 Å². The maximum absolute atomic E-state index is 12.7. The van der Waals surface area contributed by atoms with Crippen molar-refractivity contribution in [2.45, 2.75) is 57.9 Å². The first-order valence-corrected chi connectivity index (χ1v) is 12.0. The number of carbonyl (C=O) groups is 1. The Morgan fingerprint density at radius 2 is 1.88 bits per heavy atom. The molecule has 0 atom stereocenters. The van der Waals surface area contributed by atoms with E-state index in [2.05, 4.69) is 27.8 Å². The molecular weight excluding hydrogens is 400 g/mol. The van der Waals surface area contributed by atoms with Crippen LogP contribution in [0.15, 0.2) is 18.3 Å². The SMILES string of the molecule is Cc1nc(C2CCN(Cc3cccnc3N(C)C)CC2)nc2c1CCC(=O)N2CC1CC1. The van der Waals surface area contributed by atoms with Crippen LogP contribution in [-0.2, 0) is 17.8 Å². The van der Waals surface area contributed by atoms with E-state index in [0.717, 1.165) is 68.6 Å². The van der Waals surface area contributed by atoms with Gasteiger partial charge in [0, 0.05) is 62.5 Å². The summed E-state index contributed by atoms with van der Waals surface area (Å²) in [4.78, 5) is 33.7. The summed E-state index contributed by atoms with van der Waals surface area (Å²) >= 11 is 0. The van der Waals surface area contributed by atoms with Gasteiger partial charge in [0.2, 0.25) is 5.91 Å². The number of hydrogen-bond donors (Lipinski definition) is 0. The largest absolute Gasteiger partial charge is 0.362 e. The molecule has 5 rings (SSSR count). The highest BCUT2D eigenvalue weighted by atomic mass is 16.2. The molecule has 0 unspecified atom stereocenters. The van der Waals surface area contributed by atoms with Gasteiger partial charge in [-0.05, 0) is 64.1 Å². The standard InChI is InChI=1S/C25H34N6O/c1-17-21-8-9-22(32)31(15-18-6-7-18)25(21)28-23(27-17)19-10-13-30(14-11-19)16-20-5-4-12-26-24(20)29(2)3/h4-5,12,18-19H,6-11,13-16H2,1-3H3. The molecule has 7 nitrogen and oxygen atoms in total. The third-order valence-electron chi connectivity index (χ3n) is 7.13. The normalized spacial score (nSPS) is 19.8. The summed E-state index contributed by atoms with van der Waals surface area (Å²) in [5, 5.41) is 0. The molecule has 0 aromatic carbocycles. The molecule has 0 N–H and O–H groups in total. The van der Waals surface area contributed by atoms with Crippen molar-refractivity contribution in [3.8, 4) is 0 Å². The topological polar surface area (TPSA) is 65.5 Å². The number of nitrogens with zero attached hydrogens (tertiary/aromatic N) is 6. The smallest absolute Gasteiger partial charge is 0.228 e. The molecule has 7 heteroatoms. The van der Waals surface area contributed by atoms with E-state index < -0.39 is 0 Å². The monoisotopic (exact) mass is 434 g/mol. The molecule has 0 bridgehead atoms. The van der Waals surface area contributed by atoms with E-state index in [1.807, 2.05) is 31.3 Å². The van der Waals surface area contributed by atoms with Crippen molar-refractivity contribution in [3.63, 3.8) is 0 Å². The van der Waals surface area contributed by atoms with E-state index in [4.69, 9.17) is 9.97 Å². The van der Waals surface area contributed by atoms with Gasteiger partial charge in [0.15, 0.2) is 0 Å². The van der Waals surface area contributed by atoms with Gasteiger partial charge in [0.25, 0.3) is 0 Å². The van der Waals surface area contributed by atoms with Crippen LogP contribution in [0.4, 0.5) is 11.6 Å². The van der Waals surface area contributed by atoms with Crippen LogP contribution in [0.5, 0.6) is 0 Å². The minimum atomic E-state index is 0.233. The molecule has 0 radical (unpaired) electrons. The lowest BCUT2D eigenvalue weighted by atomic mass is 9.94. The lowest BCUT2D eigenvalue weighted by Gasteiger charge is -2.33. The highest BCUT2D eigenvalue weighted by Crippen LogP contribution is 2.36. The summed E-state index contributed by atoms with van der Waals surface area (Å²) < 4.78 is 0. The summed E-state index contributed by atoms with van der Waals surface area (Å²) in [6.45, 7) is 5.89. The van der Waals surface area contributed by atoms with E-state index in [-0.39, 0.29) is 5.91 Å². The van der Waals surface area contributed by atoms with Crippen molar-refractivity contribution in [2.24, 2.45) is 5.92 Å². The number of hydrogen-bond acceptors (Lipinski definition) is 6. The van der Waals surface area contributed by atoms with Gasteiger partial charge in [-0.2, -0.15) is 0 Å². The average Bonchev–Trinajstić information content (AvgIpc) is 3.61. The molecule has 2 fully saturated rings. The number of fused-ring (bicyclic) bond motifs is 1. The van der Waals surface area contributed by atoms with Crippen LogP contribution in [0, 0.1) is 12.8 Å². The molecule has 1 aliphatic carbocycles. The van der Waals surface area contributed by atoms with E-state index >= 15 is 0 Å². The van der Waals surface area contributed by atoms with Gasteiger partial charge < -0.3 is 4.90 Å². The number of anilines is 2. The fourth-order valence-corrected chi connectivity index (χ4v) is 5.08. The number of aromatic nitrogens is 3. The van der Waals surface area contributed by atoms with Crippen molar-refractivity contribution in [1.82, 2.24) is 19.9 Å². The quantitative estimate of drug-likeness (QED) is 0.695. The molecule has 0 spiro atoms. The minimum Gasteiger partial charge on any atom is -0.362 e. The second-order valence-electron chi connectivity index (χ2n) is 9.85. The predicted molar refractivity (Wildman–Crippen MR) is 126 cm³/mol. The minimum absolute atomic E-state index is 0.233. The lowest BCUT2D eigenvalue weighted by Crippen LogP contribution is -2.39. The molecular formula is C25H34N6O. The highest BCUT2D eigenvalue weighted by molar-refractivity contribution is 5.95. The lowest BCUT2D eigenvalue weighted by molar-refractivity contribution is -0.119. The Bertz CT molecular complexity index is 994. The maximum Gasteiger partial charge on any atom is 0.228 e. The van der Waals surface area contributed by atoms with Gasteiger partial charge in [-0.15, -0.1) is 0 Å². The summed E-state index contributed by atoms with van der Waals surface area (Å²) in [5.74, 6) is 4.14. The van der Waals surface area contributed by atoms with E-state index in [1.54, 1.807) is 0 Å². The van der Waals surface area contributed by atoms with E-state index in [9.17, 15) is 4.79 Å². The van der Waals surface area contributed by atoms with Crippen LogP contribution in [0.2, 0.25) is 0 Å². The number of likely N-dealkylation sites (tertiary alicyclic amines) is 1. The number of pyridine rings is 1. The van der Waals surface area contributed by atoms with Gasteiger partial charge in [0.05, 0.1) is 0 Å². The fourth-order valence-electron chi connectivity index (χ4n) is 5.08. The maximum atomic E-state index is 12.7. The first-order chi connectivity index (χ1) is 15.5. The summed E-state index contributed by atoms with van der Waals surface area (Å²) in [6.07, 6.45) is 7.79.